The molecule has 130 valence electrons. The second kappa shape index (κ2) is 7.13. The fourth-order valence-electron chi connectivity index (χ4n) is 2.21. The highest BCUT2D eigenvalue weighted by Crippen LogP contribution is 2.30. The Hall–Kier alpha value is -1.31. The van der Waals surface area contributed by atoms with Gasteiger partial charge in [-0.1, -0.05) is 29.3 Å². The van der Waals surface area contributed by atoms with Crippen LogP contribution < -0.4 is 4.80 Å². The summed E-state index contributed by atoms with van der Waals surface area (Å²) < 4.78 is 25.2. The van der Waals surface area contributed by atoms with Gasteiger partial charge in [-0.3, -0.25) is 0 Å². The van der Waals surface area contributed by atoms with Crippen molar-refractivity contribution in [2.45, 2.75) is 4.90 Å². The molecule has 2 aromatic carbocycles. The van der Waals surface area contributed by atoms with Crippen molar-refractivity contribution < 1.29 is 8.42 Å². The minimum Gasteiger partial charge on any atom is -0.320 e. The number of nitrogens with zero attached hydrogens (tertiary/aromatic N) is 2. The lowest BCUT2D eigenvalue weighted by atomic mass is 10.2. The SMILES string of the molecule is Cn1c(-c2ccc(Cl)c(S(=O)(=O)Cl)c2)csc1=Nc1ccc(Cl)cc1. The standard InChI is InChI=1S/C16H11Cl3N2O2S2/c1-21-14(10-2-7-13(18)15(8-10)25(19,22)23)9-24-16(21)20-12-5-3-11(17)4-6-12/h2-9H,1H3. The number of rotatable bonds is 3. The van der Waals surface area contributed by atoms with Crippen LogP contribution in [0.25, 0.3) is 11.3 Å². The molecule has 0 amide bonds. The molecular formula is C16H11Cl3N2O2S2. The monoisotopic (exact) mass is 432 g/mol. The predicted octanol–water partition coefficient (Wildman–Crippen LogP) is 5.22. The zero-order valence-electron chi connectivity index (χ0n) is 12.8. The van der Waals surface area contributed by atoms with Crippen molar-refractivity contribution in [3.63, 3.8) is 0 Å². The number of thiazole rings is 1. The molecule has 0 radical (unpaired) electrons. The molecule has 0 saturated carbocycles. The molecule has 4 nitrogen and oxygen atoms in total. The molecule has 0 bridgehead atoms. The molecule has 0 fully saturated rings. The van der Waals surface area contributed by atoms with Gasteiger partial charge in [0.15, 0.2) is 4.80 Å². The number of aromatic nitrogens is 1. The fraction of sp³-hybridized carbons (Fsp3) is 0.0625. The van der Waals surface area contributed by atoms with Crippen molar-refractivity contribution >= 4 is 60.0 Å². The van der Waals surface area contributed by atoms with Crippen LogP contribution in [0.5, 0.6) is 0 Å². The lowest BCUT2D eigenvalue weighted by Crippen LogP contribution is -2.11. The molecule has 0 aliphatic heterocycles. The van der Waals surface area contributed by atoms with Crippen molar-refractivity contribution in [2.24, 2.45) is 12.0 Å². The number of halogens is 3. The van der Waals surface area contributed by atoms with E-state index in [1.54, 1.807) is 18.2 Å². The van der Waals surface area contributed by atoms with E-state index in [-0.39, 0.29) is 9.92 Å². The normalized spacial score (nSPS) is 12.6. The van der Waals surface area contributed by atoms with Crippen LogP contribution in [0.4, 0.5) is 5.69 Å². The first-order chi connectivity index (χ1) is 11.8. The Balaban J connectivity index is 2.09. The van der Waals surface area contributed by atoms with E-state index in [0.29, 0.717) is 10.6 Å². The number of benzene rings is 2. The Kier molecular flexibility index (Phi) is 5.27. The van der Waals surface area contributed by atoms with Crippen LogP contribution in [0.2, 0.25) is 10.0 Å². The molecule has 3 aromatic rings. The van der Waals surface area contributed by atoms with Gasteiger partial charge in [0.25, 0.3) is 9.05 Å². The fourth-order valence-corrected chi connectivity index (χ4v) is 4.75. The summed E-state index contributed by atoms with van der Waals surface area (Å²) in [6, 6.07) is 11.9. The molecule has 0 unspecified atom stereocenters. The zero-order chi connectivity index (χ0) is 18.2. The van der Waals surface area contributed by atoms with Gasteiger partial charge in [0.1, 0.15) is 4.90 Å². The third-order valence-corrected chi connectivity index (χ3v) is 6.44. The third-order valence-electron chi connectivity index (χ3n) is 3.47. The van der Waals surface area contributed by atoms with Gasteiger partial charge >= 0.3 is 0 Å². The number of hydrogen-bond acceptors (Lipinski definition) is 4. The maximum atomic E-state index is 11.6. The smallest absolute Gasteiger partial charge is 0.262 e. The maximum absolute atomic E-state index is 11.6. The van der Waals surface area contributed by atoms with Gasteiger partial charge in [0.05, 0.1) is 16.4 Å². The average molecular weight is 434 g/mol. The zero-order valence-corrected chi connectivity index (χ0v) is 16.7. The minimum atomic E-state index is -3.92. The van der Waals surface area contributed by atoms with E-state index in [0.717, 1.165) is 16.2 Å². The van der Waals surface area contributed by atoms with E-state index < -0.39 is 9.05 Å². The van der Waals surface area contributed by atoms with Crippen molar-refractivity contribution in [3.05, 3.63) is 62.7 Å². The lowest BCUT2D eigenvalue weighted by Gasteiger charge is -2.06. The summed E-state index contributed by atoms with van der Waals surface area (Å²) >= 11 is 13.3. The highest BCUT2D eigenvalue weighted by atomic mass is 35.7. The largest absolute Gasteiger partial charge is 0.320 e. The molecule has 0 aliphatic rings. The first-order valence-electron chi connectivity index (χ1n) is 6.95. The van der Waals surface area contributed by atoms with Crippen LogP contribution in [0.15, 0.2) is 57.7 Å². The Morgan fingerprint density at radius 3 is 2.40 bits per heavy atom. The molecule has 1 aromatic heterocycles. The Labute approximate surface area is 163 Å². The third kappa shape index (κ3) is 4.10. The molecule has 0 aliphatic carbocycles. The van der Waals surface area contributed by atoms with E-state index in [4.69, 9.17) is 33.9 Å². The summed E-state index contributed by atoms with van der Waals surface area (Å²) in [5.41, 5.74) is 2.25. The molecule has 25 heavy (non-hydrogen) atoms. The van der Waals surface area contributed by atoms with Crippen molar-refractivity contribution in [2.75, 3.05) is 0 Å². The molecule has 0 N–H and O–H groups in total. The molecule has 0 spiro atoms. The maximum Gasteiger partial charge on any atom is 0.262 e. The number of hydrogen-bond donors (Lipinski definition) is 0. The molecule has 3 rings (SSSR count). The second-order valence-electron chi connectivity index (χ2n) is 5.13. The molecule has 9 heteroatoms. The second-order valence-corrected chi connectivity index (χ2v) is 9.35. The van der Waals surface area contributed by atoms with Crippen LogP contribution >= 0.6 is 45.2 Å². The minimum absolute atomic E-state index is 0.0858. The lowest BCUT2D eigenvalue weighted by molar-refractivity contribution is 0.609. The summed E-state index contributed by atoms with van der Waals surface area (Å²) in [5.74, 6) is 0. The first kappa shape index (κ1) is 18.5. The van der Waals surface area contributed by atoms with Gasteiger partial charge in [-0.05, 0) is 36.4 Å². The molecular weight excluding hydrogens is 423 g/mol. The highest BCUT2D eigenvalue weighted by Gasteiger charge is 2.17. The quantitative estimate of drug-likeness (QED) is 0.532. The van der Waals surface area contributed by atoms with Crippen LogP contribution in [0, 0.1) is 0 Å². The summed E-state index contributed by atoms with van der Waals surface area (Å²) in [6.07, 6.45) is 0. The summed E-state index contributed by atoms with van der Waals surface area (Å²) in [5, 5.41) is 2.62. The van der Waals surface area contributed by atoms with Gasteiger partial charge < -0.3 is 4.57 Å². The Bertz CT molecular complexity index is 1100. The predicted molar refractivity (Wildman–Crippen MR) is 103 cm³/mol. The topological polar surface area (TPSA) is 51.4 Å². The van der Waals surface area contributed by atoms with Crippen LogP contribution in [-0.2, 0) is 16.1 Å². The van der Waals surface area contributed by atoms with E-state index in [9.17, 15) is 8.42 Å². The van der Waals surface area contributed by atoms with E-state index in [2.05, 4.69) is 4.99 Å². The van der Waals surface area contributed by atoms with Crippen LogP contribution in [-0.4, -0.2) is 13.0 Å². The van der Waals surface area contributed by atoms with Crippen molar-refractivity contribution in [1.82, 2.24) is 4.57 Å². The molecule has 1 heterocycles. The van der Waals surface area contributed by atoms with Gasteiger partial charge in [-0.15, -0.1) is 11.3 Å². The van der Waals surface area contributed by atoms with Crippen LogP contribution in [0.3, 0.4) is 0 Å². The van der Waals surface area contributed by atoms with Crippen LogP contribution in [0.1, 0.15) is 0 Å². The van der Waals surface area contributed by atoms with Gasteiger partial charge in [-0.25, -0.2) is 13.4 Å². The average Bonchev–Trinajstić information content (AvgIpc) is 2.90. The highest BCUT2D eigenvalue weighted by molar-refractivity contribution is 8.13. The van der Waals surface area contributed by atoms with E-state index in [1.165, 1.54) is 23.5 Å². The van der Waals surface area contributed by atoms with Gasteiger partial charge in [0.2, 0.25) is 0 Å². The van der Waals surface area contributed by atoms with E-state index in [1.807, 2.05) is 29.1 Å². The van der Waals surface area contributed by atoms with Crippen molar-refractivity contribution in [3.8, 4) is 11.3 Å². The first-order valence-corrected chi connectivity index (χ1v) is 10.9. The van der Waals surface area contributed by atoms with Gasteiger partial charge in [0, 0.05) is 33.7 Å². The summed E-state index contributed by atoms with van der Waals surface area (Å²) in [6.45, 7) is 0. The van der Waals surface area contributed by atoms with Crippen molar-refractivity contribution in [1.29, 1.82) is 0 Å². The Morgan fingerprint density at radius 2 is 1.76 bits per heavy atom. The Morgan fingerprint density at radius 1 is 1.08 bits per heavy atom. The summed E-state index contributed by atoms with van der Waals surface area (Å²) in [4.78, 5) is 5.21. The van der Waals surface area contributed by atoms with E-state index >= 15 is 0 Å². The van der Waals surface area contributed by atoms with Gasteiger partial charge in [-0.2, -0.15) is 0 Å². The molecule has 0 saturated heterocycles. The summed E-state index contributed by atoms with van der Waals surface area (Å²) in [7, 11) is 3.37. The molecule has 0 atom stereocenters.